The van der Waals surface area contributed by atoms with Crippen molar-refractivity contribution in [2.24, 2.45) is 56.0 Å². The number of carboxylic acid groups (broad SMARTS) is 1. The molecule has 0 spiro atoms. The van der Waals surface area contributed by atoms with Gasteiger partial charge in [-0.2, -0.15) is 0 Å². The van der Waals surface area contributed by atoms with Crippen LogP contribution >= 0.6 is 0 Å². The van der Waals surface area contributed by atoms with Crippen LogP contribution in [-0.4, -0.2) is 128 Å². The third kappa shape index (κ3) is 24.0. The van der Waals surface area contributed by atoms with Crippen molar-refractivity contribution in [3.05, 3.63) is 0 Å². The number of nitrogens with one attached hydrogen (secondary N) is 6. The first kappa shape index (κ1) is 52.7. The number of aliphatic imine (C=N–C) groups is 2. The van der Waals surface area contributed by atoms with Gasteiger partial charge in [0.1, 0.15) is 24.2 Å². The Morgan fingerprint density at radius 3 is 1.52 bits per heavy atom. The standard InChI is InChI=1S/C37H71N15O8/c38-16-6-4-12-25(51-34(58)27(15-9-19-46-37(43)44)50-31(55)24(40)20-23-10-2-1-3-11-23)32(56)48-21-29(53)47-22-30(54)49-26(14-8-18-45-36(41)42)33(57)52-28(35(59)60)13-5-7-17-39/h23-28H,1-22,38-40H2,(H,47,53)(H,48,56)(H,49,54)(H,50,55)(H,51,58)(H,52,57)(H,59,60)(H4,41,42,45)(H4,43,44,46)/t24-,25-,26-,27-,28-/m0/s1. The van der Waals surface area contributed by atoms with Crippen molar-refractivity contribution in [1.82, 2.24) is 31.9 Å². The monoisotopic (exact) mass is 854 g/mol. The lowest BCUT2D eigenvalue weighted by Crippen LogP contribution is -2.56. The summed E-state index contributed by atoms with van der Waals surface area (Å²) in [6.45, 7) is -0.150. The predicted molar refractivity (Wildman–Crippen MR) is 226 cm³/mol. The molecule has 1 fully saturated rings. The number of hydrogen-bond donors (Lipinski definition) is 14. The van der Waals surface area contributed by atoms with Gasteiger partial charge >= 0.3 is 5.97 Å². The van der Waals surface area contributed by atoms with E-state index in [1.165, 1.54) is 0 Å². The van der Waals surface area contributed by atoms with Crippen LogP contribution < -0.4 is 72.0 Å². The van der Waals surface area contributed by atoms with Gasteiger partial charge in [-0.05, 0) is 89.6 Å². The molecule has 60 heavy (non-hydrogen) atoms. The Morgan fingerprint density at radius 2 is 1.00 bits per heavy atom. The van der Waals surface area contributed by atoms with E-state index in [9.17, 15) is 38.7 Å². The topological polar surface area (TPSA) is 419 Å². The highest BCUT2D eigenvalue weighted by atomic mass is 16.4. The van der Waals surface area contributed by atoms with Gasteiger partial charge in [0.25, 0.3) is 0 Å². The van der Waals surface area contributed by atoms with E-state index < -0.39 is 84.7 Å². The molecule has 6 amide bonds. The van der Waals surface area contributed by atoms with Crippen LogP contribution in [0, 0.1) is 5.92 Å². The number of aliphatic carboxylic acids is 1. The van der Waals surface area contributed by atoms with Gasteiger partial charge in [0.15, 0.2) is 11.9 Å². The van der Waals surface area contributed by atoms with Gasteiger partial charge in [-0.3, -0.25) is 38.8 Å². The molecule has 0 radical (unpaired) electrons. The number of unbranched alkanes of at least 4 members (excludes halogenated alkanes) is 2. The zero-order chi connectivity index (χ0) is 44.9. The van der Waals surface area contributed by atoms with Crippen molar-refractivity contribution in [1.29, 1.82) is 0 Å². The normalized spacial score (nSPS) is 15.1. The van der Waals surface area contributed by atoms with Crippen LogP contribution in [-0.2, 0) is 33.6 Å². The Hall–Kier alpha value is -5.29. The van der Waals surface area contributed by atoms with Crippen molar-refractivity contribution in [2.45, 2.75) is 133 Å². The summed E-state index contributed by atoms with van der Waals surface area (Å²) >= 11 is 0. The van der Waals surface area contributed by atoms with Crippen molar-refractivity contribution < 1.29 is 38.7 Å². The summed E-state index contributed by atoms with van der Waals surface area (Å²) in [6.07, 6.45) is 8.84. The third-order valence-electron chi connectivity index (χ3n) is 9.83. The summed E-state index contributed by atoms with van der Waals surface area (Å²) in [7, 11) is 0. The molecule has 0 aliphatic heterocycles. The number of amides is 6. The van der Waals surface area contributed by atoms with Crippen molar-refractivity contribution in [3.63, 3.8) is 0 Å². The summed E-state index contributed by atoms with van der Waals surface area (Å²) in [5.74, 6) is -5.35. The molecule has 5 atom stereocenters. The number of carbonyl (C=O) groups excluding carboxylic acids is 6. The molecule has 1 aliphatic carbocycles. The number of guanidine groups is 2. The van der Waals surface area contributed by atoms with E-state index in [4.69, 9.17) is 40.1 Å². The van der Waals surface area contributed by atoms with Crippen molar-refractivity contribution in [2.75, 3.05) is 39.3 Å². The maximum atomic E-state index is 13.6. The van der Waals surface area contributed by atoms with Gasteiger partial charge in [-0.25, -0.2) is 4.79 Å². The second-order valence-electron chi connectivity index (χ2n) is 14.9. The van der Waals surface area contributed by atoms with E-state index >= 15 is 0 Å². The summed E-state index contributed by atoms with van der Waals surface area (Å²) in [6, 6.07) is -5.42. The van der Waals surface area contributed by atoms with Crippen LogP contribution in [0.15, 0.2) is 9.98 Å². The molecule has 0 bridgehead atoms. The lowest BCUT2D eigenvalue weighted by atomic mass is 9.85. The summed E-state index contributed by atoms with van der Waals surface area (Å²) in [5.41, 5.74) is 39.0. The van der Waals surface area contributed by atoms with Crippen LogP contribution in [0.3, 0.4) is 0 Å². The molecule has 23 nitrogen and oxygen atoms in total. The number of rotatable bonds is 31. The number of nitrogens with two attached hydrogens (primary N) is 7. The van der Waals surface area contributed by atoms with E-state index in [1.807, 2.05) is 0 Å². The minimum atomic E-state index is -1.25. The van der Waals surface area contributed by atoms with Gasteiger partial charge < -0.3 is 77.1 Å². The molecule has 0 saturated heterocycles. The SMILES string of the molecule is NCCCC[C@H](NC(=O)[C@H](CCCN=C(N)N)NC(=O)CNC(=O)CNC(=O)[C@H](CCCCN)NC(=O)[C@H](CCCN=C(N)N)NC(=O)[C@@H](N)CC1CCCCC1)C(=O)O. The number of hydrogen-bond acceptors (Lipinski definition) is 12. The van der Waals surface area contributed by atoms with Gasteiger partial charge in [0.05, 0.1) is 19.1 Å². The van der Waals surface area contributed by atoms with Crippen molar-refractivity contribution in [3.8, 4) is 0 Å². The molecule has 0 heterocycles. The molecule has 342 valence electrons. The van der Waals surface area contributed by atoms with Gasteiger partial charge in [0.2, 0.25) is 35.4 Å². The fraction of sp³-hybridized carbons (Fsp3) is 0.757. The summed E-state index contributed by atoms with van der Waals surface area (Å²) < 4.78 is 0. The highest BCUT2D eigenvalue weighted by Crippen LogP contribution is 2.27. The smallest absolute Gasteiger partial charge is 0.326 e. The van der Waals surface area contributed by atoms with Crippen LogP contribution in [0.4, 0.5) is 0 Å². The first-order valence-corrected chi connectivity index (χ1v) is 20.8. The maximum Gasteiger partial charge on any atom is 0.326 e. The summed E-state index contributed by atoms with van der Waals surface area (Å²) in [5, 5.41) is 24.7. The van der Waals surface area contributed by atoms with Gasteiger partial charge in [0, 0.05) is 13.1 Å². The average Bonchev–Trinajstić information content (AvgIpc) is 3.20. The third-order valence-corrected chi connectivity index (χ3v) is 9.83. The van der Waals surface area contributed by atoms with E-state index in [2.05, 4.69) is 41.9 Å². The second kappa shape index (κ2) is 30.7. The minimum Gasteiger partial charge on any atom is -0.480 e. The molecular weight excluding hydrogens is 783 g/mol. The molecule has 0 aromatic rings. The molecule has 1 aliphatic rings. The molecule has 0 aromatic carbocycles. The van der Waals surface area contributed by atoms with E-state index in [-0.39, 0.29) is 57.1 Å². The second-order valence-corrected chi connectivity index (χ2v) is 14.9. The molecule has 23 heteroatoms. The fourth-order valence-corrected chi connectivity index (χ4v) is 6.55. The quantitative estimate of drug-likeness (QED) is 0.0179. The number of carboxylic acids is 1. The fourth-order valence-electron chi connectivity index (χ4n) is 6.55. The van der Waals surface area contributed by atoms with Crippen LogP contribution in [0.25, 0.3) is 0 Å². The Balaban J connectivity index is 2.92. The lowest BCUT2D eigenvalue weighted by Gasteiger charge is -2.26. The first-order chi connectivity index (χ1) is 28.6. The number of nitrogens with zero attached hydrogens (tertiary/aromatic N) is 2. The highest BCUT2D eigenvalue weighted by molar-refractivity contribution is 5.95. The van der Waals surface area contributed by atoms with Gasteiger partial charge in [-0.15, -0.1) is 0 Å². The Bertz CT molecular complexity index is 1420. The first-order valence-electron chi connectivity index (χ1n) is 20.8. The average molecular weight is 854 g/mol. The molecule has 21 N–H and O–H groups in total. The molecule has 0 aromatic heterocycles. The minimum absolute atomic E-state index is 0.0405. The molecule has 0 unspecified atom stereocenters. The van der Waals surface area contributed by atoms with Crippen LogP contribution in [0.2, 0.25) is 0 Å². The molecular formula is C37H71N15O8. The predicted octanol–water partition coefficient (Wildman–Crippen LogP) is -4.09. The Morgan fingerprint density at radius 1 is 0.550 bits per heavy atom. The van der Waals surface area contributed by atoms with Gasteiger partial charge in [-0.1, -0.05) is 32.1 Å². The maximum absolute atomic E-state index is 13.6. The lowest BCUT2D eigenvalue weighted by molar-refractivity contribution is -0.142. The summed E-state index contributed by atoms with van der Waals surface area (Å²) in [4.78, 5) is 98.3. The molecule has 1 rings (SSSR count). The zero-order valence-corrected chi connectivity index (χ0v) is 34.8. The Kier molecular flexibility index (Phi) is 27.0. The zero-order valence-electron chi connectivity index (χ0n) is 34.8. The Labute approximate surface area is 351 Å². The van der Waals surface area contributed by atoms with Crippen molar-refractivity contribution >= 4 is 53.3 Å². The highest BCUT2D eigenvalue weighted by Gasteiger charge is 2.30. The largest absolute Gasteiger partial charge is 0.480 e. The van der Waals surface area contributed by atoms with E-state index in [1.54, 1.807) is 0 Å². The van der Waals surface area contributed by atoms with E-state index in [0.717, 1.165) is 32.1 Å². The van der Waals surface area contributed by atoms with Crippen LogP contribution in [0.1, 0.15) is 103 Å². The van der Waals surface area contributed by atoms with E-state index in [0.29, 0.717) is 57.5 Å². The van der Waals surface area contributed by atoms with Crippen LogP contribution in [0.5, 0.6) is 0 Å². The molecule has 1 saturated carbocycles. The number of carbonyl (C=O) groups is 7.